The third-order valence-electron chi connectivity index (χ3n) is 4.91. The van der Waals surface area contributed by atoms with Gasteiger partial charge in [-0.1, -0.05) is 41.7 Å². The molecular weight excluding hydrogens is 366 g/mol. The maximum atomic E-state index is 13.1. The average molecular weight is 385 g/mol. The summed E-state index contributed by atoms with van der Waals surface area (Å²) in [6.45, 7) is 1.74. The van der Waals surface area contributed by atoms with Crippen LogP contribution in [0, 0.1) is 10.1 Å². The fourth-order valence-electron chi connectivity index (χ4n) is 3.22. The standard InChI is InChI=1S/C19H19N3O4S/c1-19(12-13-7-5-4-6-8-13)18(24)20(2)15(16(23)21(19)3)11-14-9-10-27-17(14)22(25)26/h4-11H,12H2,1-3H3. The Balaban J connectivity index is 1.98. The van der Waals surface area contributed by atoms with Crippen molar-refractivity contribution in [1.29, 1.82) is 0 Å². The van der Waals surface area contributed by atoms with Crippen molar-refractivity contribution in [3.05, 3.63) is 68.7 Å². The highest BCUT2D eigenvalue weighted by atomic mass is 32.1. The van der Waals surface area contributed by atoms with Crippen LogP contribution in [-0.2, 0) is 16.0 Å². The maximum Gasteiger partial charge on any atom is 0.331 e. The van der Waals surface area contributed by atoms with E-state index in [-0.39, 0.29) is 22.5 Å². The predicted octanol–water partition coefficient (Wildman–Crippen LogP) is 2.93. The molecule has 140 valence electrons. The zero-order valence-corrected chi connectivity index (χ0v) is 16.0. The van der Waals surface area contributed by atoms with Crippen molar-refractivity contribution < 1.29 is 14.5 Å². The number of thiophene rings is 1. The van der Waals surface area contributed by atoms with Gasteiger partial charge in [0.2, 0.25) is 0 Å². The first-order valence-corrected chi connectivity index (χ1v) is 9.17. The Kier molecular flexibility index (Phi) is 4.84. The summed E-state index contributed by atoms with van der Waals surface area (Å²) in [6, 6.07) is 11.1. The molecule has 2 heterocycles. The number of carbonyl (C=O) groups is 2. The van der Waals surface area contributed by atoms with Crippen molar-refractivity contribution in [3.63, 3.8) is 0 Å². The van der Waals surface area contributed by atoms with Gasteiger partial charge in [0.05, 0.1) is 10.5 Å². The average Bonchev–Trinajstić information content (AvgIpc) is 3.12. The minimum atomic E-state index is -1.04. The number of hydrogen-bond donors (Lipinski definition) is 0. The minimum absolute atomic E-state index is 0.0589. The molecule has 1 fully saturated rings. The molecule has 27 heavy (non-hydrogen) atoms. The van der Waals surface area contributed by atoms with E-state index in [0.29, 0.717) is 12.0 Å². The van der Waals surface area contributed by atoms with E-state index < -0.39 is 10.5 Å². The maximum absolute atomic E-state index is 13.1. The summed E-state index contributed by atoms with van der Waals surface area (Å²) in [7, 11) is 3.12. The van der Waals surface area contributed by atoms with Crippen molar-refractivity contribution in [3.8, 4) is 0 Å². The second-order valence-corrected chi connectivity index (χ2v) is 7.53. The lowest BCUT2D eigenvalue weighted by Gasteiger charge is -2.45. The molecule has 1 saturated heterocycles. The molecule has 1 aliphatic rings. The first kappa shape index (κ1) is 18.8. The van der Waals surface area contributed by atoms with Crippen LogP contribution in [0.25, 0.3) is 6.08 Å². The van der Waals surface area contributed by atoms with E-state index in [4.69, 9.17) is 0 Å². The fourth-order valence-corrected chi connectivity index (χ4v) is 3.91. The normalized spacial score (nSPS) is 21.8. The van der Waals surface area contributed by atoms with Gasteiger partial charge < -0.3 is 9.80 Å². The van der Waals surface area contributed by atoms with E-state index >= 15 is 0 Å². The first-order chi connectivity index (χ1) is 12.8. The number of amides is 2. The number of piperazine rings is 1. The molecule has 3 rings (SSSR count). The van der Waals surface area contributed by atoms with E-state index in [0.717, 1.165) is 16.9 Å². The Labute approximate surface area is 160 Å². The van der Waals surface area contributed by atoms with Crippen LogP contribution >= 0.6 is 11.3 Å². The van der Waals surface area contributed by atoms with Gasteiger partial charge in [-0.3, -0.25) is 19.7 Å². The number of hydrogen-bond acceptors (Lipinski definition) is 5. The van der Waals surface area contributed by atoms with Crippen LogP contribution in [0.4, 0.5) is 5.00 Å². The predicted molar refractivity (Wildman–Crippen MR) is 103 cm³/mol. The molecular formula is C19H19N3O4S. The molecule has 0 radical (unpaired) electrons. The van der Waals surface area contributed by atoms with Crippen molar-refractivity contribution >= 4 is 34.2 Å². The van der Waals surface area contributed by atoms with Crippen LogP contribution in [0.1, 0.15) is 18.1 Å². The zero-order valence-electron chi connectivity index (χ0n) is 15.2. The Morgan fingerprint density at radius 3 is 2.48 bits per heavy atom. The quantitative estimate of drug-likeness (QED) is 0.460. The summed E-state index contributed by atoms with van der Waals surface area (Å²) >= 11 is 0.980. The molecule has 1 unspecified atom stereocenters. The first-order valence-electron chi connectivity index (χ1n) is 8.29. The summed E-state index contributed by atoms with van der Waals surface area (Å²) in [5, 5.41) is 12.7. The zero-order chi connectivity index (χ0) is 19.8. The highest BCUT2D eigenvalue weighted by molar-refractivity contribution is 7.13. The van der Waals surface area contributed by atoms with E-state index in [1.807, 2.05) is 30.3 Å². The topological polar surface area (TPSA) is 83.8 Å². The van der Waals surface area contributed by atoms with Crippen LogP contribution in [0.3, 0.4) is 0 Å². The Bertz CT molecular complexity index is 937. The van der Waals surface area contributed by atoms with Crippen LogP contribution in [0.5, 0.6) is 0 Å². The fraction of sp³-hybridized carbons (Fsp3) is 0.263. The van der Waals surface area contributed by atoms with Crippen molar-refractivity contribution in [2.45, 2.75) is 18.9 Å². The van der Waals surface area contributed by atoms with Crippen LogP contribution in [-0.4, -0.2) is 46.2 Å². The monoisotopic (exact) mass is 385 g/mol. The Morgan fingerprint density at radius 2 is 1.85 bits per heavy atom. The second-order valence-electron chi connectivity index (χ2n) is 6.63. The summed E-state index contributed by atoms with van der Waals surface area (Å²) in [5.41, 5.74) is 0.343. The summed E-state index contributed by atoms with van der Waals surface area (Å²) < 4.78 is 0. The van der Waals surface area contributed by atoms with Crippen LogP contribution < -0.4 is 0 Å². The number of likely N-dealkylation sites (N-methyl/N-ethyl adjacent to an activating group) is 2. The van der Waals surface area contributed by atoms with Gasteiger partial charge in [-0.2, -0.15) is 0 Å². The molecule has 8 heteroatoms. The van der Waals surface area contributed by atoms with Crippen molar-refractivity contribution in [1.82, 2.24) is 9.80 Å². The highest BCUT2D eigenvalue weighted by Gasteiger charge is 2.48. The Hall–Kier alpha value is -3.00. The van der Waals surface area contributed by atoms with E-state index in [2.05, 4.69) is 0 Å². The highest BCUT2D eigenvalue weighted by Crippen LogP contribution is 2.33. The van der Waals surface area contributed by atoms with Gasteiger partial charge in [0, 0.05) is 20.5 Å². The number of benzene rings is 1. The van der Waals surface area contributed by atoms with Crippen LogP contribution in [0.15, 0.2) is 47.5 Å². The van der Waals surface area contributed by atoms with Gasteiger partial charge in [-0.25, -0.2) is 0 Å². The molecule has 1 aliphatic heterocycles. The molecule has 2 aromatic rings. The lowest BCUT2D eigenvalue weighted by atomic mass is 9.87. The van der Waals surface area contributed by atoms with Gasteiger partial charge in [-0.05, 0) is 30.0 Å². The molecule has 7 nitrogen and oxygen atoms in total. The number of nitro groups is 1. The molecule has 2 amide bonds. The number of rotatable bonds is 4. The Morgan fingerprint density at radius 1 is 1.19 bits per heavy atom. The smallest absolute Gasteiger partial charge is 0.326 e. The van der Waals surface area contributed by atoms with Crippen molar-refractivity contribution in [2.75, 3.05) is 14.1 Å². The minimum Gasteiger partial charge on any atom is -0.326 e. The van der Waals surface area contributed by atoms with Gasteiger partial charge >= 0.3 is 5.00 Å². The summed E-state index contributed by atoms with van der Waals surface area (Å²) in [5.74, 6) is -0.589. The SMILES string of the molecule is CN1C(=O)C(C)(Cc2ccccc2)N(C)C(=O)C1=Cc1ccsc1[N+](=O)[O-]. The molecule has 0 bridgehead atoms. The molecule has 0 aliphatic carbocycles. The summed E-state index contributed by atoms with van der Waals surface area (Å²) in [6.07, 6.45) is 1.79. The molecule has 0 N–H and O–H groups in total. The van der Waals surface area contributed by atoms with Crippen LogP contribution in [0.2, 0.25) is 0 Å². The largest absolute Gasteiger partial charge is 0.331 e. The lowest BCUT2D eigenvalue weighted by Crippen LogP contribution is -2.64. The third kappa shape index (κ3) is 3.23. The van der Waals surface area contributed by atoms with Gasteiger partial charge in [-0.15, -0.1) is 0 Å². The van der Waals surface area contributed by atoms with Gasteiger partial charge in [0.1, 0.15) is 11.2 Å². The van der Waals surface area contributed by atoms with Gasteiger partial charge in [0.15, 0.2) is 0 Å². The lowest BCUT2D eigenvalue weighted by molar-refractivity contribution is -0.380. The van der Waals surface area contributed by atoms with Crippen molar-refractivity contribution in [2.24, 2.45) is 0 Å². The molecule has 1 aromatic heterocycles. The number of carbonyl (C=O) groups excluding carboxylic acids is 2. The third-order valence-corrected chi connectivity index (χ3v) is 5.79. The van der Waals surface area contributed by atoms with E-state index in [1.165, 1.54) is 22.9 Å². The summed E-state index contributed by atoms with van der Waals surface area (Å²) in [4.78, 5) is 39.5. The molecule has 0 spiro atoms. The second kappa shape index (κ2) is 6.96. The number of nitrogens with zero attached hydrogens (tertiary/aromatic N) is 3. The van der Waals surface area contributed by atoms with Gasteiger partial charge in [0.25, 0.3) is 11.8 Å². The molecule has 1 aromatic carbocycles. The molecule has 1 atom stereocenters. The van der Waals surface area contributed by atoms with E-state index in [1.54, 1.807) is 25.4 Å². The van der Waals surface area contributed by atoms with E-state index in [9.17, 15) is 19.7 Å². The molecule has 0 saturated carbocycles.